The van der Waals surface area contributed by atoms with Gasteiger partial charge in [-0.2, -0.15) is 5.10 Å². The number of aromatic nitrogens is 4. The lowest BCUT2D eigenvalue weighted by molar-refractivity contribution is -0.0566. The van der Waals surface area contributed by atoms with E-state index in [2.05, 4.69) is 10.1 Å². The molecule has 0 unspecified atom stereocenters. The van der Waals surface area contributed by atoms with Gasteiger partial charge in [0.2, 0.25) is 0 Å². The number of hydrogen-bond acceptors (Lipinski definition) is 8. The fraction of sp³-hybridized carbons (Fsp3) is 0.389. The Hall–Kier alpha value is -2.79. The largest absolute Gasteiger partial charge is 0.495 e. The zero-order valence-corrected chi connectivity index (χ0v) is 15.3. The summed E-state index contributed by atoms with van der Waals surface area (Å²) in [5.41, 5.74) is 0.399. The van der Waals surface area contributed by atoms with Gasteiger partial charge in [-0.3, -0.25) is 9.36 Å². The van der Waals surface area contributed by atoms with Gasteiger partial charge in [0.1, 0.15) is 35.3 Å². The Bertz CT molecular complexity index is 1080. The highest BCUT2D eigenvalue weighted by Crippen LogP contribution is 2.31. The topological polar surface area (TPSA) is 132 Å². The maximum absolute atomic E-state index is 13.1. The van der Waals surface area contributed by atoms with Gasteiger partial charge in [0, 0.05) is 0 Å². The molecule has 1 aliphatic rings. The summed E-state index contributed by atoms with van der Waals surface area (Å²) in [5.74, 6) is 0.903. The first-order valence-electron chi connectivity index (χ1n) is 8.70. The highest BCUT2D eigenvalue weighted by molar-refractivity contribution is 5.74. The number of benzene rings is 1. The van der Waals surface area contributed by atoms with Gasteiger partial charge < -0.3 is 24.8 Å². The van der Waals surface area contributed by atoms with Crippen LogP contribution in [0.25, 0.3) is 16.7 Å². The molecule has 3 aromatic rings. The minimum atomic E-state index is -1.32. The predicted octanol–water partition coefficient (Wildman–Crippen LogP) is -0.489. The summed E-state index contributed by atoms with van der Waals surface area (Å²) in [4.78, 5) is 17.6. The van der Waals surface area contributed by atoms with Crippen molar-refractivity contribution in [2.24, 2.45) is 0 Å². The molecule has 10 nitrogen and oxygen atoms in total. The molecule has 28 heavy (non-hydrogen) atoms. The maximum Gasteiger partial charge on any atom is 0.269 e. The van der Waals surface area contributed by atoms with Crippen LogP contribution in [-0.4, -0.2) is 66.7 Å². The van der Waals surface area contributed by atoms with Crippen LogP contribution in [0.2, 0.25) is 0 Å². The monoisotopic (exact) mass is 388 g/mol. The average molecular weight is 388 g/mol. The third-order valence-electron chi connectivity index (χ3n) is 4.88. The van der Waals surface area contributed by atoms with E-state index >= 15 is 0 Å². The van der Waals surface area contributed by atoms with Gasteiger partial charge >= 0.3 is 0 Å². The molecule has 0 radical (unpaired) electrons. The van der Waals surface area contributed by atoms with Crippen LogP contribution >= 0.6 is 0 Å². The third kappa shape index (κ3) is 2.69. The van der Waals surface area contributed by atoms with E-state index in [1.54, 1.807) is 31.2 Å². The van der Waals surface area contributed by atoms with Gasteiger partial charge in [-0.1, -0.05) is 12.1 Å². The molecule has 3 heterocycles. The van der Waals surface area contributed by atoms with E-state index in [9.17, 15) is 20.1 Å². The molecule has 1 saturated heterocycles. The fourth-order valence-electron chi connectivity index (χ4n) is 3.46. The second-order valence-electron chi connectivity index (χ2n) is 6.53. The standard InChI is InChI=1S/C18H20N4O6/c1-9-20-16-10(17(26)21(9)11-5-3-4-6-12(11)27-2)7-19-22(16)18-15(25)14(24)13(8-23)28-18/h3-7,13-15,18,23-25H,8H2,1-2H3/t13-,14+,15+,18+/m0/s1. The molecule has 3 N–H and O–H groups in total. The predicted molar refractivity (Wildman–Crippen MR) is 97.4 cm³/mol. The summed E-state index contributed by atoms with van der Waals surface area (Å²) in [6.45, 7) is 1.21. The lowest BCUT2D eigenvalue weighted by Gasteiger charge is -2.17. The quantitative estimate of drug-likeness (QED) is 0.546. The third-order valence-corrected chi connectivity index (χ3v) is 4.88. The summed E-state index contributed by atoms with van der Waals surface area (Å²) < 4.78 is 13.5. The van der Waals surface area contributed by atoms with Crippen molar-refractivity contribution in [2.75, 3.05) is 13.7 Å². The molecular formula is C18H20N4O6. The molecule has 0 aliphatic carbocycles. The Morgan fingerprint density at radius 1 is 1.25 bits per heavy atom. The van der Waals surface area contributed by atoms with Crippen LogP contribution in [0.3, 0.4) is 0 Å². The molecule has 0 amide bonds. The number of fused-ring (bicyclic) bond motifs is 1. The summed E-state index contributed by atoms with van der Waals surface area (Å²) >= 11 is 0. The molecule has 4 atom stereocenters. The number of hydrogen-bond donors (Lipinski definition) is 3. The minimum absolute atomic E-state index is 0.212. The van der Waals surface area contributed by atoms with Crippen LogP contribution in [0.4, 0.5) is 0 Å². The average Bonchev–Trinajstić information content (AvgIpc) is 3.23. The number of para-hydroxylation sites is 2. The van der Waals surface area contributed by atoms with Gasteiger partial charge in [-0.25, -0.2) is 9.67 Å². The summed E-state index contributed by atoms with van der Waals surface area (Å²) in [6.07, 6.45) is -3.28. The van der Waals surface area contributed by atoms with Gasteiger partial charge in [-0.15, -0.1) is 0 Å². The highest BCUT2D eigenvalue weighted by atomic mass is 16.6. The summed E-state index contributed by atoms with van der Waals surface area (Å²) in [5, 5.41) is 33.9. The van der Waals surface area contributed by atoms with Crippen LogP contribution < -0.4 is 10.3 Å². The second-order valence-corrected chi connectivity index (χ2v) is 6.53. The molecule has 10 heteroatoms. The molecule has 0 bridgehead atoms. The van der Waals surface area contributed by atoms with E-state index in [1.165, 1.54) is 22.6 Å². The molecule has 4 rings (SSSR count). The second kappa shape index (κ2) is 6.99. The van der Waals surface area contributed by atoms with Gasteiger partial charge in [-0.05, 0) is 19.1 Å². The van der Waals surface area contributed by atoms with Gasteiger partial charge in [0.15, 0.2) is 11.9 Å². The smallest absolute Gasteiger partial charge is 0.269 e. The molecule has 2 aromatic heterocycles. The first-order valence-corrected chi connectivity index (χ1v) is 8.70. The summed E-state index contributed by atoms with van der Waals surface area (Å²) in [7, 11) is 1.52. The number of aliphatic hydroxyl groups excluding tert-OH is 3. The van der Waals surface area contributed by atoms with Gasteiger partial charge in [0.25, 0.3) is 5.56 Å². The van der Waals surface area contributed by atoms with Crippen molar-refractivity contribution < 1.29 is 24.8 Å². The lowest BCUT2D eigenvalue weighted by atomic mass is 10.1. The van der Waals surface area contributed by atoms with E-state index in [1.807, 2.05) is 0 Å². The Kier molecular flexibility index (Phi) is 4.63. The number of aryl methyl sites for hydroxylation is 1. The molecule has 1 fully saturated rings. The van der Waals surface area contributed by atoms with Crippen molar-refractivity contribution in [3.05, 3.63) is 46.6 Å². The Balaban J connectivity index is 1.87. The number of methoxy groups -OCH3 is 1. The molecule has 148 valence electrons. The number of nitrogens with zero attached hydrogens (tertiary/aromatic N) is 4. The van der Waals surface area contributed by atoms with E-state index < -0.39 is 31.1 Å². The van der Waals surface area contributed by atoms with Crippen molar-refractivity contribution in [1.29, 1.82) is 0 Å². The molecular weight excluding hydrogens is 368 g/mol. The highest BCUT2D eigenvalue weighted by Gasteiger charge is 2.44. The van der Waals surface area contributed by atoms with Crippen LogP contribution in [0, 0.1) is 6.92 Å². The number of ether oxygens (including phenoxy) is 2. The Morgan fingerprint density at radius 2 is 2.00 bits per heavy atom. The van der Waals surface area contributed by atoms with E-state index in [0.29, 0.717) is 17.3 Å². The van der Waals surface area contributed by atoms with Crippen LogP contribution in [0.15, 0.2) is 35.3 Å². The molecule has 0 spiro atoms. The van der Waals surface area contributed by atoms with E-state index in [4.69, 9.17) is 9.47 Å². The van der Waals surface area contributed by atoms with Crippen LogP contribution in [-0.2, 0) is 4.74 Å². The van der Waals surface area contributed by atoms with E-state index in [0.717, 1.165) is 0 Å². The molecule has 0 saturated carbocycles. The fourth-order valence-corrected chi connectivity index (χ4v) is 3.46. The Labute approximate surface area is 159 Å². The maximum atomic E-state index is 13.1. The van der Waals surface area contributed by atoms with Crippen molar-refractivity contribution in [1.82, 2.24) is 19.3 Å². The van der Waals surface area contributed by atoms with Gasteiger partial charge in [0.05, 0.1) is 25.6 Å². The van der Waals surface area contributed by atoms with Crippen molar-refractivity contribution >= 4 is 11.0 Å². The van der Waals surface area contributed by atoms with Crippen LogP contribution in [0.5, 0.6) is 5.75 Å². The number of aliphatic hydroxyl groups is 3. The van der Waals surface area contributed by atoms with Crippen LogP contribution in [0.1, 0.15) is 12.1 Å². The zero-order chi connectivity index (χ0) is 20.0. The number of rotatable bonds is 4. The zero-order valence-electron chi connectivity index (χ0n) is 15.3. The van der Waals surface area contributed by atoms with Crippen molar-refractivity contribution in [2.45, 2.75) is 31.5 Å². The first-order chi connectivity index (χ1) is 13.5. The lowest BCUT2D eigenvalue weighted by Crippen LogP contribution is -2.33. The normalized spacial score (nSPS) is 24.8. The van der Waals surface area contributed by atoms with Crippen molar-refractivity contribution in [3.63, 3.8) is 0 Å². The van der Waals surface area contributed by atoms with E-state index in [-0.39, 0.29) is 16.6 Å². The SMILES string of the molecule is COc1ccccc1-n1c(C)nc2c(cnn2[C@@H]2O[C@@H](CO)[C@@H](O)[C@H]2O)c1=O. The summed E-state index contributed by atoms with van der Waals surface area (Å²) in [6, 6.07) is 7.08. The molecule has 1 aliphatic heterocycles. The van der Waals surface area contributed by atoms with Crippen molar-refractivity contribution in [3.8, 4) is 11.4 Å². The Morgan fingerprint density at radius 3 is 2.68 bits per heavy atom. The first kappa shape index (κ1) is 18.6. The molecule has 1 aromatic carbocycles. The minimum Gasteiger partial charge on any atom is -0.495 e.